The summed E-state index contributed by atoms with van der Waals surface area (Å²) in [5.74, 6) is 1.20. The van der Waals surface area contributed by atoms with Gasteiger partial charge in [0.1, 0.15) is 11.3 Å². The molecule has 0 saturated heterocycles. The van der Waals surface area contributed by atoms with Gasteiger partial charge in [0.15, 0.2) is 0 Å². The van der Waals surface area contributed by atoms with Crippen LogP contribution in [0.5, 0.6) is 5.75 Å². The number of carbonyl (C=O) groups is 1. The van der Waals surface area contributed by atoms with Gasteiger partial charge in [0.2, 0.25) is 5.91 Å². The van der Waals surface area contributed by atoms with Gasteiger partial charge in [-0.05, 0) is 62.8 Å². The molecule has 1 amide bonds. The molecule has 0 unspecified atom stereocenters. The van der Waals surface area contributed by atoms with Gasteiger partial charge in [0.25, 0.3) is 0 Å². The van der Waals surface area contributed by atoms with Crippen LogP contribution in [0.2, 0.25) is 0 Å². The summed E-state index contributed by atoms with van der Waals surface area (Å²) >= 11 is 0. The fourth-order valence-electron chi connectivity index (χ4n) is 3.77. The molecule has 0 bridgehead atoms. The number of fused-ring (bicyclic) bond motifs is 1. The Bertz CT molecular complexity index is 1110. The third kappa shape index (κ3) is 5.38. The molecule has 3 rings (SSSR count). The molecule has 0 aliphatic rings. The summed E-state index contributed by atoms with van der Waals surface area (Å²) < 4.78 is 11.8. The van der Waals surface area contributed by atoms with E-state index in [2.05, 4.69) is 57.3 Å². The highest BCUT2D eigenvalue weighted by Crippen LogP contribution is 2.38. The lowest BCUT2D eigenvalue weighted by Crippen LogP contribution is -2.23. The zero-order valence-corrected chi connectivity index (χ0v) is 19.5. The van der Waals surface area contributed by atoms with Gasteiger partial charge in [-0.25, -0.2) is 0 Å². The van der Waals surface area contributed by atoms with Gasteiger partial charge in [-0.15, -0.1) is 0 Å². The Morgan fingerprint density at radius 3 is 2.61 bits per heavy atom. The predicted octanol–water partition coefficient (Wildman–Crippen LogP) is 6.68. The van der Waals surface area contributed by atoms with E-state index in [0.717, 1.165) is 45.4 Å². The monoisotopic (exact) mass is 419 g/mol. The molecule has 4 heteroatoms. The highest BCUT2D eigenvalue weighted by Gasteiger charge is 2.16. The molecule has 31 heavy (non-hydrogen) atoms. The number of rotatable bonds is 8. The van der Waals surface area contributed by atoms with Crippen LogP contribution in [0, 0.1) is 19.8 Å². The quantitative estimate of drug-likeness (QED) is 0.414. The molecule has 2 aromatic carbocycles. The van der Waals surface area contributed by atoms with Gasteiger partial charge >= 0.3 is 0 Å². The first-order chi connectivity index (χ1) is 14.8. The molecule has 0 radical (unpaired) electrons. The van der Waals surface area contributed by atoms with Crippen molar-refractivity contribution in [1.29, 1.82) is 0 Å². The van der Waals surface area contributed by atoms with Crippen molar-refractivity contribution in [3.05, 3.63) is 59.4 Å². The van der Waals surface area contributed by atoms with E-state index in [1.165, 1.54) is 11.1 Å². The topological polar surface area (TPSA) is 51.5 Å². The van der Waals surface area contributed by atoms with Crippen LogP contribution in [0.25, 0.3) is 27.7 Å². The van der Waals surface area contributed by atoms with Crippen molar-refractivity contribution < 1.29 is 13.9 Å². The minimum Gasteiger partial charge on any atom is -0.493 e. The number of ether oxygens (including phenoxy) is 1. The zero-order chi connectivity index (χ0) is 22.5. The van der Waals surface area contributed by atoms with Crippen LogP contribution < -0.4 is 10.1 Å². The fraction of sp³-hybridized carbons (Fsp3) is 0.370. The van der Waals surface area contributed by atoms with E-state index in [1.54, 1.807) is 12.3 Å². The summed E-state index contributed by atoms with van der Waals surface area (Å²) in [7, 11) is 0. The first-order valence-corrected chi connectivity index (χ1v) is 11.0. The van der Waals surface area contributed by atoms with Crippen molar-refractivity contribution in [1.82, 2.24) is 5.32 Å². The lowest BCUT2D eigenvalue weighted by Gasteiger charge is -2.12. The normalized spacial score (nSPS) is 11.9. The van der Waals surface area contributed by atoms with Gasteiger partial charge in [-0.2, -0.15) is 0 Å². The minimum atomic E-state index is -0.0810. The molecule has 0 aliphatic heterocycles. The number of hydrogen-bond donors (Lipinski definition) is 1. The number of allylic oxidation sites excluding steroid dienone is 1. The molecule has 1 N–H and O–H groups in total. The van der Waals surface area contributed by atoms with E-state index >= 15 is 0 Å². The summed E-state index contributed by atoms with van der Waals surface area (Å²) in [6, 6.07) is 10.4. The highest BCUT2D eigenvalue weighted by atomic mass is 16.5. The van der Waals surface area contributed by atoms with Crippen molar-refractivity contribution >= 4 is 22.4 Å². The van der Waals surface area contributed by atoms with Gasteiger partial charge in [0, 0.05) is 35.2 Å². The molecule has 1 aromatic heterocycles. The van der Waals surface area contributed by atoms with E-state index < -0.39 is 0 Å². The van der Waals surface area contributed by atoms with Gasteiger partial charge < -0.3 is 14.5 Å². The number of hydrogen-bond acceptors (Lipinski definition) is 3. The lowest BCUT2D eigenvalue weighted by molar-refractivity contribution is -0.116. The predicted molar refractivity (Wildman–Crippen MR) is 128 cm³/mol. The van der Waals surface area contributed by atoms with E-state index in [0.29, 0.717) is 19.1 Å². The second-order valence-corrected chi connectivity index (χ2v) is 8.55. The molecule has 0 aliphatic carbocycles. The molecule has 3 aromatic rings. The molecule has 0 saturated carbocycles. The largest absolute Gasteiger partial charge is 0.493 e. The summed E-state index contributed by atoms with van der Waals surface area (Å²) in [5, 5.41) is 3.99. The van der Waals surface area contributed by atoms with Crippen LogP contribution in [0.15, 0.2) is 47.1 Å². The summed E-state index contributed by atoms with van der Waals surface area (Å²) in [4.78, 5) is 12.4. The maximum absolute atomic E-state index is 12.4. The number of benzene rings is 2. The standard InChI is InChI=1S/C27H33NO3/c1-7-30-25-15-26-23(24(16-31-26)21-9-8-18(4)12-19(21)5)14-22(25)20(6)13-27(29)28-11-10-17(2)3/h8-9,12-17H,7,10-11H2,1-6H3,(H,28,29)/b20-13+. The van der Waals surface area contributed by atoms with Crippen LogP contribution in [-0.2, 0) is 4.79 Å². The zero-order valence-electron chi connectivity index (χ0n) is 19.5. The molecule has 4 nitrogen and oxygen atoms in total. The summed E-state index contributed by atoms with van der Waals surface area (Å²) in [5.41, 5.74) is 7.17. The van der Waals surface area contributed by atoms with E-state index in [-0.39, 0.29) is 5.91 Å². The van der Waals surface area contributed by atoms with Crippen LogP contribution in [0.1, 0.15) is 50.8 Å². The second kappa shape index (κ2) is 9.86. The Morgan fingerprint density at radius 1 is 1.16 bits per heavy atom. The number of amides is 1. The van der Waals surface area contributed by atoms with Crippen LogP contribution in [0.4, 0.5) is 0 Å². The molecule has 1 heterocycles. The first kappa shape index (κ1) is 22.7. The summed E-state index contributed by atoms with van der Waals surface area (Å²) in [6.07, 6.45) is 4.42. The SMILES string of the molecule is CCOc1cc2occ(-c3ccc(C)cc3C)c2cc1/C(C)=C/C(=O)NCCC(C)C. The Balaban J connectivity index is 2.02. The van der Waals surface area contributed by atoms with E-state index in [1.807, 2.05) is 19.9 Å². The number of furan rings is 1. The van der Waals surface area contributed by atoms with Gasteiger partial charge in [-0.3, -0.25) is 4.79 Å². The molecular weight excluding hydrogens is 386 g/mol. The number of carbonyl (C=O) groups excluding carboxylic acids is 1. The molecule has 0 fully saturated rings. The van der Waals surface area contributed by atoms with Crippen LogP contribution >= 0.6 is 0 Å². The average Bonchev–Trinajstić information content (AvgIpc) is 3.10. The average molecular weight is 420 g/mol. The minimum absolute atomic E-state index is 0.0810. The molecule has 0 atom stereocenters. The van der Waals surface area contributed by atoms with Gasteiger partial charge in [-0.1, -0.05) is 37.6 Å². The van der Waals surface area contributed by atoms with Crippen LogP contribution in [-0.4, -0.2) is 19.1 Å². The van der Waals surface area contributed by atoms with E-state index in [9.17, 15) is 4.79 Å². The molecule has 164 valence electrons. The van der Waals surface area contributed by atoms with Crippen molar-refractivity contribution in [3.8, 4) is 16.9 Å². The Morgan fingerprint density at radius 2 is 1.94 bits per heavy atom. The van der Waals surface area contributed by atoms with Crippen molar-refractivity contribution in [2.75, 3.05) is 13.2 Å². The fourth-order valence-corrected chi connectivity index (χ4v) is 3.77. The Kier molecular flexibility index (Phi) is 7.21. The Labute approximate surface area is 185 Å². The van der Waals surface area contributed by atoms with Gasteiger partial charge in [0.05, 0.1) is 12.9 Å². The number of aryl methyl sites for hydroxylation is 2. The number of nitrogens with one attached hydrogen (secondary N) is 1. The summed E-state index contributed by atoms with van der Waals surface area (Å²) in [6.45, 7) is 13.6. The third-order valence-corrected chi connectivity index (χ3v) is 5.44. The van der Waals surface area contributed by atoms with Crippen molar-refractivity contribution in [2.24, 2.45) is 5.92 Å². The first-order valence-electron chi connectivity index (χ1n) is 11.0. The maximum atomic E-state index is 12.4. The second-order valence-electron chi connectivity index (χ2n) is 8.55. The van der Waals surface area contributed by atoms with Crippen molar-refractivity contribution in [2.45, 2.75) is 48.0 Å². The highest BCUT2D eigenvalue weighted by molar-refractivity contribution is 6.00. The Hall–Kier alpha value is -3.01. The lowest BCUT2D eigenvalue weighted by atomic mass is 9.96. The van der Waals surface area contributed by atoms with Crippen LogP contribution in [0.3, 0.4) is 0 Å². The van der Waals surface area contributed by atoms with Crippen molar-refractivity contribution in [3.63, 3.8) is 0 Å². The third-order valence-electron chi connectivity index (χ3n) is 5.44. The molecule has 0 spiro atoms. The molecular formula is C27H33NO3. The van der Waals surface area contributed by atoms with E-state index in [4.69, 9.17) is 9.15 Å². The maximum Gasteiger partial charge on any atom is 0.244 e. The smallest absolute Gasteiger partial charge is 0.244 e.